The van der Waals surface area contributed by atoms with Crippen LogP contribution in [0.4, 0.5) is 0 Å². The molecule has 2 N–H and O–H groups in total. The summed E-state index contributed by atoms with van der Waals surface area (Å²) in [4.78, 5) is 26.7. The van der Waals surface area contributed by atoms with E-state index in [4.69, 9.17) is 5.26 Å². The summed E-state index contributed by atoms with van der Waals surface area (Å²) in [5, 5.41) is 9.04. The Bertz CT molecular complexity index is 645. The van der Waals surface area contributed by atoms with E-state index >= 15 is 0 Å². The van der Waals surface area contributed by atoms with Crippen molar-refractivity contribution in [1.29, 1.82) is 5.26 Å². The fourth-order valence-electron chi connectivity index (χ4n) is 1.28. The van der Waals surface area contributed by atoms with Gasteiger partial charge >= 0.3 is 5.69 Å². The lowest BCUT2D eigenvalue weighted by Gasteiger charge is -1.96. The van der Waals surface area contributed by atoms with E-state index in [1.807, 2.05) is 6.07 Å². The Hall–Kier alpha value is -2.35. The monoisotopic (exact) mass is 187 g/mol. The zero-order valence-corrected chi connectivity index (χ0v) is 7.00. The van der Waals surface area contributed by atoms with Crippen LogP contribution >= 0.6 is 0 Å². The second-order valence-corrected chi connectivity index (χ2v) is 2.75. The molecule has 68 valence electrons. The molecule has 1 heterocycles. The third-order valence-corrected chi connectivity index (χ3v) is 1.90. The number of hydrogen-bond acceptors (Lipinski definition) is 3. The number of H-pyrrole nitrogens is 2. The van der Waals surface area contributed by atoms with E-state index in [-0.39, 0.29) is 11.1 Å². The number of nitrogens with zero attached hydrogens (tertiary/aromatic N) is 1. The molecule has 0 atom stereocenters. The molecule has 14 heavy (non-hydrogen) atoms. The minimum Gasteiger partial charge on any atom is -0.306 e. The maximum absolute atomic E-state index is 11.3. The number of aromatic amines is 2. The van der Waals surface area contributed by atoms with E-state index in [2.05, 4.69) is 9.97 Å². The molecule has 0 saturated carbocycles. The Kier molecular flexibility index (Phi) is 1.68. The molecule has 0 aliphatic heterocycles. The Morgan fingerprint density at radius 2 is 2.00 bits per heavy atom. The van der Waals surface area contributed by atoms with Gasteiger partial charge in [0.25, 0.3) is 5.56 Å². The normalized spacial score (nSPS) is 9.93. The molecule has 0 saturated heterocycles. The van der Waals surface area contributed by atoms with Gasteiger partial charge in [0.15, 0.2) is 0 Å². The average Bonchev–Trinajstić information content (AvgIpc) is 2.17. The zero-order valence-electron chi connectivity index (χ0n) is 7.00. The molecule has 1 aromatic carbocycles. The van der Waals surface area contributed by atoms with Crippen LogP contribution in [0, 0.1) is 11.3 Å². The standard InChI is InChI=1S/C9H5N3O2/c10-4-5-2-1-3-6-7(5)11-9(14)12-8(6)13/h1-3H,(H2,11,12,13,14). The van der Waals surface area contributed by atoms with Crippen LogP contribution in [0.5, 0.6) is 0 Å². The van der Waals surface area contributed by atoms with Gasteiger partial charge in [-0.1, -0.05) is 6.07 Å². The van der Waals surface area contributed by atoms with Gasteiger partial charge in [0, 0.05) is 0 Å². The number of hydrogen-bond donors (Lipinski definition) is 2. The molecular weight excluding hydrogens is 182 g/mol. The minimum absolute atomic E-state index is 0.281. The predicted molar refractivity (Wildman–Crippen MR) is 49.9 cm³/mol. The van der Waals surface area contributed by atoms with Gasteiger partial charge in [0.1, 0.15) is 6.07 Å². The van der Waals surface area contributed by atoms with Gasteiger partial charge in [-0.3, -0.25) is 9.78 Å². The Balaban J connectivity index is 3.11. The number of para-hydroxylation sites is 1. The molecule has 0 aliphatic rings. The molecule has 0 spiro atoms. The number of benzene rings is 1. The summed E-state index contributed by atoms with van der Waals surface area (Å²) in [7, 11) is 0. The molecule has 0 aliphatic carbocycles. The summed E-state index contributed by atoms with van der Waals surface area (Å²) < 4.78 is 0. The first-order valence-electron chi connectivity index (χ1n) is 3.88. The first kappa shape index (κ1) is 8.26. The smallest absolute Gasteiger partial charge is 0.306 e. The third kappa shape index (κ3) is 1.10. The van der Waals surface area contributed by atoms with Crippen LogP contribution < -0.4 is 11.2 Å². The van der Waals surface area contributed by atoms with Crippen molar-refractivity contribution in [1.82, 2.24) is 9.97 Å². The predicted octanol–water partition coefficient (Wildman–Crippen LogP) is 0.0881. The van der Waals surface area contributed by atoms with Crippen molar-refractivity contribution >= 4 is 10.9 Å². The molecule has 0 amide bonds. The molecule has 2 rings (SSSR count). The van der Waals surface area contributed by atoms with Crippen LogP contribution in [-0.2, 0) is 0 Å². The van der Waals surface area contributed by atoms with Crippen molar-refractivity contribution in [3.8, 4) is 6.07 Å². The van der Waals surface area contributed by atoms with Gasteiger partial charge in [-0.2, -0.15) is 5.26 Å². The van der Waals surface area contributed by atoms with Gasteiger partial charge < -0.3 is 4.98 Å². The summed E-state index contributed by atoms with van der Waals surface area (Å²) in [6.45, 7) is 0. The Morgan fingerprint density at radius 1 is 1.21 bits per heavy atom. The summed E-state index contributed by atoms with van der Waals surface area (Å²) >= 11 is 0. The third-order valence-electron chi connectivity index (χ3n) is 1.90. The summed E-state index contributed by atoms with van der Waals surface area (Å²) in [6, 6.07) is 6.58. The van der Waals surface area contributed by atoms with E-state index < -0.39 is 11.2 Å². The van der Waals surface area contributed by atoms with Crippen molar-refractivity contribution in [2.24, 2.45) is 0 Å². The maximum Gasteiger partial charge on any atom is 0.326 e. The number of fused-ring (bicyclic) bond motifs is 1. The second kappa shape index (κ2) is 2.85. The fraction of sp³-hybridized carbons (Fsp3) is 0. The number of nitrogens with one attached hydrogen (secondary N) is 2. The fourth-order valence-corrected chi connectivity index (χ4v) is 1.28. The molecule has 5 nitrogen and oxygen atoms in total. The number of nitriles is 1. The quantitative estimate of drug-likeness (QED) is 0.612. The van der Waals surface area contributed by atoms with E-state index in [0.29, 0.717) is 5.39 Å². The van der Waals surface area contributed by atoms with E-state index in [0.717, 1.165) is 0 Å². The van der Waals surface area contributed by atoms with Gasteiger partial charge in [0.2, 0.25) is 0 Å². The van der Waals surface area contributed by atoms with Crippen molar-refractivity contribution in [2.75, 3.05) is 0 Å². The molecule has 0 unspecified atom stereocenters. The van der Waals surface area contributed by atoms with E-state index in [1.165, 1.54) is 6.07 Å². The van der Waals surface area contributed by atoms with Crippen molar-refractivity contribution < 1.29 is 0 Å². The maximum atomic E-state index is 11.3. The topological polar surface area (TPSA) is 89.5 Å². The highest BCUT2D eigenvalue weighted by molar-refractivity contribution is 5.82. The van der Waals surface area contributed by atoms with Gasteiger partial charge in [0.05, 0.1) is 16.5 Å². The first-order chi connectivity index (χ1) is 6.72. The lowest BCUT2D eigenvalue weighted by atomic mass is 10.1. The SMILES string of the molecule is N#Cc1cccc2c(=O)[nH]c(=O)[nH]c12. The van der Waals surface area contributed by atoms with E-state index in [9.17, 15) is 9.59 Å². The highest BCUT2D eigenvalue weighted by Crippen LogP contribution is 2.09. The molecule has 1 aromatic heterocycles. The van der Waals surface area contributed by atoms with Crippen LogP contribution in [0.3, 0.4) is 0 Å². The van der Waals surface area contributed by atoms with E-state index in [1.54, 1.807) is 12.1 Å². The van der Waals surface area contributed by atoms with Crippen LogP contribution in [0.2, 0.25) is 0 Å². The zero-order chi connectivity index (χ0) is 10.1. The molecular formula is C9H5N3O2. The highest BCUT2D eigenvalue weighted by atomic mass is 16.2. The van der Waals surface area contributed by atoms with Crippen LogP contribution in [0.25, 0.3) is 10.9 Å². The average molecular weight is 187 g/mol. The van der Waals surface area contributed by atoms with Crippen molar-refractivity contribution in [3.05, 3.63) is 44.6 Å². The van der Waals surface area contributed by atoms with Crippen LogP contribution in [0.1, 0.15) is 5.56 Å². The second-order valence-electron chi connectivity index (χ2n) is 2.75. The van der Waals surface area contributed by atoms with Crippen molar-refractivity contribution in [2.45, 2.75) is 0 Å². The number of rotatable bonds is 0. The number of aromatic nitrogens is 2. The first-order valence-corrected chi connectivity index (χ1v) is 3.88. The molecule has 0 radical (unpaired) electrons. The molecule has 0 bridgehead atoms. The van der Waals surface area contributed by atoms with Crippen LogP contribution in [0.15, 0.2) is 27.8 Å². The lowest BCUT2D eigenvalue weighted by Crippen LogP contribution is -2.22. The van der Waals surface area contributed by atoms with Gasteiger partial charge in [-0.15, -0.1) is 0 Å². The molecule has 0 fully saturated rings. The molecule has 2 aromatic rings. The minimum atomic E-state index is -0.606. The Morgan fingerprint density at radius 3 is 2.71 bits per heavy atom. The largest absolute Gasteiger partial charge is 0.326 e. The summed E-state index contributed by atoms with van der Waals surface area (Å²) in [5.41, 5.74) is -0.527. The molecule has 5 heteroatoms. The lowest BCUT2D eigenvalue weighted by molar-refractivity contribution is 1.08. The van der Waals surface area contributed by atoms with Gasteiger partial charge in [-0.25, -0.2) is 4.79 Å². The van der Waals surface area contributed by atoms with Crippen LogP contribution in [-0.4, -0.2) is 9.97 Å². The summed E-state index contributed by atoms with van der Waals surface area (Å²) in [5.74, 6) is 0. The Labute approximate surface area is 77.6 Å². The van der Waals surface area contributed by atoms with Gasteiger partial charge in [-0.05, 0) is 12.1 Å². The van der Waals surface area contributed by atoms with Crippen molar-refractivity contribution in [3.63, 3.8) is 0 Å². The highest BCUT2D eigenvalue weighted by Gasteiger charge is 2.03. The summed E-state index contributed by atoms with van der Waals surface area (Å²) in [6.07, 6.45) is 0.